The number of ether oxygens (including phenoxy) is 1. The molecule has 0 aliphatic heterocycles. The molecule has 0 aromatic carbocycles. The zero-order valence-corrected chi connectivity index (χ0v) is 21.0. The number of hydrogen-bond acceptors (Lipinski definition) is 8. The van der Waals surface area contributed by atoms with Gasteiger partial charge in [-0.3, -0.25) is 14.2 Å². The van der Waals surface area contributed by atoms with Gasteiger partial charge in [-0.25, -0.2) is 0 Å². The average Bonchev–Trinajstić information content (AvgIpc) is 3.32. The van der Waals surface area contributed by atoms with Gasteiger partial charge in [0.25, 0.3) is 5.91 Å². The monoisotopic (exact) mass is 530 g/mol. The van der Waals surface area contributed by atoms with Crippen LogP contribution in [0.5, 0.6) is 0 Å². The maximum absolute atomic E-state index is 12.9. The number of rotatable bonds is 9. The number of fused-ring (bicyclic) bond motifs is 1. The first-order chi connectivity index (χ1) is 14.8. The largest absolute Gasteiger partial charge is 0.465 e. The van der Waals surface area contributed by atoms with Crippen molar-refractivity contribution in [1.29, 1.82) is 0 Å². The highest BCUT2D eigenvalue weighted by atomic mass is 79.9. The fourth-order valence-electron chi connectivity index (χ4n) is 3.39. The summed E-state index contributed by atoms with van der Waals surface area (Å²) in [6, 6.07) is 0. The van der Waals surface area contributed by atoms with Crippen molar-refractivity contribution in [1.82, 2.24) is 20.1 Å². The maximum Gasteiger partial charge on any atom is 0.322 e. The zero-order valence-electron chi connectivity index (χ0n) is 17.8. The molecule has 8 nitrogen and oxygen atoms in total. The Bertz CT molecular complexity index is 944. The number of nitrogens with zero attached hydrogens (tertiary/aromatic N) is 3. The predicted octanol–water partition coefficient (Wildman–Crippen LogP) is 3.47. The molecule has 0 fully saturated rings. The minimum atomic E-state index is -0.900. The van der Waals surface area contributed by atoms with E-state index < -0.39 is 11.0 Å². The van der Waals surface area contributed by atoms with E-state index in [0.29, 0.717) is 28.4 Å². The summed E-state index contributed by atoms with van der Waals surface area (Å²) in [7, 11) is 0. The third-order valence-corrected chi connectivity index (χ3v) is 7.80. The quantitative estimate of drug-likeness (QED) is 0.221. The highest BCUT2D eigenvalue weighted by molar-refractivity contribution is 9.09. The number of esters is 1. The third-order valence-electron chi connectivity index (χ3n) is 4.93. The molecule has 1 amide bonds. The molecule has 0 spiro atoms. The minimum absolute atomic E-state index is 0.267. The van der Waals surface area contributed by atoms with Crippen LogP contribution < -0.4 is 5.32 Å². The fraction of sp³-hybridized carbons (Fsp3) is 0.600. The molecule has 0 bridgehead atoms. The van der Waals surface area contributed by atoms with Gasteiger partial charge in [0.05, 0.1) is 11.5 Å². The van der Waals surface area contributed by atoms with Gasteiger partial charge in [0.15, 0.2) is 5.16 Å². The van der Waals surface area contributed by atoms with Crippen molar-refractivity contribution < 1.29 is 19.4 Å². The van der Waals surface area contributed by atoms with Crippen LogP contribution in [0.15, 0.2) is 11.5 Å². The lowest BCUT2D eigenvalue weighted by molar-refractivity contribution is -0.145. The second-order valence-corrected chi connectivity index (χ2v) is 11.1. The van der Waals surface area contributed by atoms with Crippen molar-refractivity contribution in [2.75, 3.05) is 11.9 Å². The lowest BCUT2D eigenvalue weighted by Crippen LogP contribution is -2.35. The van der Waals surface area contributed by atoms with E-state index >= 15 is 0 Å². The molecule has 1 aliphatic carbocycles. The van der Waals surface area contributed by atoms with Gasteiger partial charge in [-0.15, -0.1) is 21.5 Å². The molecule has 1 aliphatic rings. The molecule has 31 heavy (non-hydrogen) atoms. The normalized spacial score (nSPS) is 14.7. The van der Waals surface area contributed by atoms with Crippen molar-refractivity contribution in [3.63, 3.8) is 0 Å². The molecule has 2 aromatic heterocycles. The molecule has 2 aromatic rings. The molecular weight excluding hydrogens is 504 g/mol. The fourth-order valence-corrected chi connectivity index (χ4v) is 6.08. The number of aromatic nitrogens is 3. The van der Waals surface area contributed by atoms with Gasteiger partial charge in [0.1, 0.15) is 22.3 Å². The topological polar surface area (TPSA) is 106 Å². The van der Waals surface area contributed by atoms with Gasteiger partial charge in [-0.1, -0.05) is 27.7 Å². The molecule has 0 radical (unpaired) electrons. The van der Waals surface area contributed by atoms with Gasteiger partial charge in [0, 0.05) is 11.8 Å². The Morgan fingerprint density at radius 2 is 2.10 bits per heavy atom. The molecule has 0 saturated carbocycles. The van der Waals surface area contributed by atoms with Crippen molar-refractivity contribution in [3.05, 3.63) is 22.3 Å². The molecule has 1 atom stereocenters. The Labute approximate surface area is 198 Å². The third kappa shape index (κ3) is 5.50. The summed E-state index contributed by atoms with van der Waals surface area (Å²) < 4.78 is 6.21. The van der Waals surface area contributed by atoms with Crippen LogP contribution in [0.4, 0.5) is 0 Å². The van der Waals surface area contributed by atoms with Crippen LogP contribution >= 0.6 is 39.0 Å². The maximum atomic E-state index is 12.9. The molecule has 2 N–H and O–H groups in total. The smallest absolute Gasteiger partial charge is 0.322 e. The Hall–Kier alpha value is -1.43. The lowest BCUT2D eigenvalue weighted by Gasteiger charge is -2.21. The van der Waals surface area contributed by atoms with E-state index in [0.717, 1.165) is 41.8 Å². The van der Waals surface area contributed by atoms with Crippen LogP contribution in [0.2, 0.25) is 0 Å². The number of thiophene rings is 1. The first-order valence-corrected chi connectivity index (χ1v) is 13.0. The Morgan fingerprint density at radius 1 is 1.39 bits per heavy atom. The molecule has 2 heterocycles. The minimum Gasteiger partial charge on any atom is -0.465 e. The first kappa shape index (κ1) is 24.2. The summed E-state index contributed by atoms with van der Waals surface area (Å²) >= 11 is 5.94. The lowest BCUT2D eigenvalue weighted by atomic mass is 9.93. The number of aliphatic hydroxyl groups is 1. The van der Waals surface area contributed by atoms with Crippen LogP contribution in [0.3, 0.4) is 0 Å². The molecular formula is C20H27BrN4O4S2. The van der Waals surface area contributed by atoms with Crippen molar-refractivity contribution in [2.24, 2.45) is 0 Å². The van der Waals surface area contributed by atoms with Gasteiger partial charge in [-0.2, -0.15) is 0 Å². The van der Waals surface area contributed by atoms with Crippen molar-refractivity contribution in [2.45, 2.75) is 69.0 Å². The summed E-state index contributed by atoms with van der Waals surface area (Å²) in [5, 5.41) is 23.0. The van der Waals surface area contributed by atoms with Crippen LogP contribution in [-0.2, 0) is 22.4 Å². The number of nitrogens with one attached hydrogen (secondary N) is 1. The molecule has 11 heteroatoms. The van der Waals surface area contributed by atoms with E-state index in [9.17, 15) is 14.7 Å². The molecule has 170 valence electrons. The molecule has 0 saturated heterocycles. The van der Waals surface area contributed by atoms with Crippen molar-refractivity contribution >= 4 is 50.9 Å². The van der Waals surface area contributed by atoms with E-state index in [4.69, 9.17) is 4.74 Å². The molecule has 1 unspecified atom stereocenters. The van der Waals surface area contributed by atoms with E-state index in [2.05, 4.69) is 31.4 Å². The number of carbonyl (C=O) groups is 2. The van der Waals surface area contributed by atoms with E-state index in [-0.39, 0.29) is 11.9 Å². The molecule has 3 rings (SSSR count). The van der Waals surface area contributed by atoms with Crippen LogP contribution in [0.1, 0.15) is 60.8 Å². The van der Waals surface area contributed by atoms with Gasteiger partial charge < -0.3 is 15.2 Å². The Kier molecular flexibility index (Phi) is 8.17. The van der Waals surface area contributed by atoms with E-state index in [1.54, 1.807) is 27.1 Å². The standard InChI is InChI=1S/C20H27BrN4O4S2/c1-4-29-18(28)20(2,3)31-19-24-22-11-25(19)17-13-8-6-5-7-12(13)15(30-17)16(27)23-14(26)9-10-21/h11,14,26H,4-10H2,1-3H3,(H,23,27). The van der Waals surface area contributed by atoms with Crippen molar-refractivity contribution in [3.8, 4) is 5.00 Å². The second-order valence-electron chi connectivity index (χ2n) is 7.68. The highest BCUT2D eigenvalue weighted by Gasteiger charge is 2.34. The number of alkyl halides is 1. The van der Waals surface area contributed by atoms with Gasteiger partial charge >= 0.3 is 5.97 Å². The SMILES string of the molecule is CCOC(=O)C(C)(C)Sc1nncn1-c1sc(C(=O)NC(O)CCBr)c2c1CCCC2. The summed E-state index contributed by atoms with van der Waals surface area (Å²) in [6.45, 7) is 5.68. The number of thioether (sulfide) groups is 1. The number of aliphatic hydroxyl groups excluding tert-OH is 1. The van der Waals surface area contributed by atoms with Crippen LogP contribution in [-0.4, -0.2) is 54.7 Å². The Balaban J connectivity index is 1.94. The summed E-state index contributed by atoms with van der Waals surface area (Å²) in [5.41, 5.74) is 2.15. The predicted molar refractivity (Wildman–Crippen MR) is 124 cm³/mol. The number of carbonyl (C=O) groups excluding carboxylic acids is 2. The summed E-state index contributed by atoms with van der Waals surface area (Å²) in [5.74, 6) is -0.583. The van der Waals surface area contributed by atoms with E-state index in [1.807, 2.05) is 4.57 Å². The average molecular weight is 531 g/mol. The second kappa shape index (κ2) is 10.5. The van der Waals surface area contributed by atoms with Gasteiger partial charge in [0.2, 0.25) is 0 Å². The zero-order chi connectivity index (χ0) is 22.6. The summed E-state index contributed by atoms with van der Waals surface area (Å²) in [4.78, 5) is 25.8. The number of amides is 1. The van der Waals surface area contributed by atoms with Crippen LogP contribution in [0, 0.1) is 0 Å². The van der Waals surface area contributed by atoms with Crippen LogP contribution in [0.25, 0.3) is 5.00 Å². The van der Waals surface area contributed by atoms with E-state index in [1.165, 1.54) is 23.1 Å². The Morgan fingerprint density at radius 3 is 2.77 bits per heavy atom. The number of hydrogen-bond donors (Lipinski definition) is 2. The first-order valence-electron chi connectivity index (χ1n) is 10.2. The summed E-state index contributed by atoms with van der Waals surface area (Å²) in [6.07, 6.45) is 4.90. The number of halogens is 1. The van der Waals surface area contributed by atoms with Gasteiger partial charge in [-0.05, 0) is 57.6 Å². The highest BCUT2D eigenvalue weighted by Crippen LogP contribution is 2.40.